The maximum atomic E-state index is 10.9. The number of hydrogen-bond donors (Lipinski definition) is 2. The van der Waals surface area contributed by atoms with Gasteiger partial charge in [-0.15, -0.1) is 23.2 Å². The van der Waals surface area contributed by atoms with Crippen LogP contribution >= 0.6 is 23.2 Å². The Morgan fingerprint density at radius 2 is 1.35 bits per heavy atom. The lowest BCUT2D eigenvalue weighted by molar-refractivity contribution is -0.119. The third kappa shape index (κ3) is 9.21. The molecule has 0 aromatic carbocycles. The summed E-state index contributed by atoms with van der Waals surface area (Å²) >= 11 is 10.7. The van der Waals surface area contributed by atoms with Crippen LogP contribution in [-0.4, -0.2) is 48.9 Å². The largest absolute Gasteiger partial charge is 0.377 e. The highest BCUT2D eigenvalue weighted by Crippen LogP contribution is 1.90. The molecule has 0 heterocycles. The van der Waals surface area contributed by atoms with Crippen LogP contribution in [0.2, 0.25) is 0 Å². The van der Waals surface area contributed by atoms with Crippen molar-refractivity contribution in [2.45, 2.75) is 25.9 Å². The summed E-state index contributed by atoms with van der Waals surface area (Å²) in [6.07, 6.45) is 0. The molecule has 0 aromatic heterocycles. The summed E-state index contributed by atoms with van der Waals surface area (Å²) in [7, 11) is 0. The zero-order valence-corrected chi connectivity index (χ0v) is 11.5. The molecule has 0 aliphatic rings. The Bertz CT molecular complexity index is 228. The van der Waals surface area contributed by atoms with Gasteiger partial charge in [-0.2, -0.15) is 0 Å². The van der Waals surface area contributed by atoms with Crippen LogP contribution in [0, 0.1) is 0 Å². The van der Waals surface area contributed by atoms with Crippen LogP contribution in [0.1, 0.15) is 13.8 Å². The smallest absolute Gasteiger partial charge is 0.235 e. The Hall–Kier alpha value is -0.520. The fourth-order valence-electron chi connectivity index (χ4n) is 1.13. The van der Waals surface area contributed by atoms with Crippen molar-refractivity contribution in [2.24, 2.45) is 0 Å². The molecule has 0 aliphatic heterocycles. The van der Waals surface area contributed by atoms with Gasteiger partial charge < -0.3 is 15.4 Å². The first-order chi connectivity index (χ1) is 7.99. The van der Waals surface area contributed by atoms with Gasteiger partial charge in [0.2, 0.25) is 11.8 Å². The van der Waals surface area contributed by atoms with Crippen molar-refractivity contribution in [2.75, 3.05) is 25.0 Å². The molecule has 2 amide bonds. The van der Waals surface area contributed by atoms with E-state index >= 15 is 0 Å². The number of alkyl halides is 2. The van der Waals surface area contributed by atoms with Crippen molar-refractivity contribution in [1.82, 2.24) is 10.6 Å². The molecule has 7 heteroatoms. The van der Waals surface area contributed by atoms with E-state index in [0.29, 0.717) is 13.2 Å². The van der Waals surface area contributed by atoms with E-state index in [1.165, 1.54) is 0 Å². The van der Waals surface area contributed by atoms with E-state index in [1.807, 2.05) is 13.8 Å². The summed E-state index contributed by atoms with van der Waals surface area (Å²) < 4.78 is 5.33. The third-order valence-electron chi connectivity index (χ3n) is 1.79. The van der Waals surface area contributed by atoms with Gasteiger partial charge in [0.05, 0.1) is 13.2 Å². The van der Waals surface area contributed by atoms with Gasteiger partial charge in [0.1, 0.15) is 11.8 Å². The molecule has 0 saturated heterocycles. The highest BCUT2D eigenvalue weighted by atomic mass is 35.5. The number of amides is 2. The monoisotopic (exact) mass is 284 g/mol. The van der Waals surface area contributed by atoms with E-state index in [2.05, 4.69) is 10.6 Å². The first-order valence-corrected chi connectivity index (χ1v) is 6.34. The van der Waals surface area contributed by atoms with Crippen LogP contribution in [0.5, 0.6) is 0 Å². The Kier molecular flexibility index (Phi) is 9.21. The minimum Gasteiger partial charge on any atom is -0.377 e. The van der Waals surface area contributed by atoms with Crippen molar-refractivity contribution in [3.8, 4) is 0 Å². The second-order valence-electron chi connectivity index (χ2n) is 3.74. The molecule has 0 rings (SSSR count). The molecule has 2 unspecified atom stereocenters. The summed E-state index contributed by atoms with van der Waals surface area (Å²) in [4.78, 5) is 21.9. The van der Waals surface area contributed by atoms with Crippen LogP contribution in [-0.2, 0) is 14.3 Å². The van der Waals surface area contributed by atoms with Crippen LogP contribution < -0.4 is 10.6 Å². The molecule has 0 radical (unpaired) electrons. The van der Waals surface area contributed by atoms with Crippen molar-refractivity contribution >= 4 is 35.0 Å². The first-order valence-electron chi connectivity index (χ1n) is 5.28. The van der Waals surface area contributed by atoms with Gasteiger partial charge in [0, 0.05) is 12.1 Å². The predicted octanol–water partition coefficient (Wildman–Crippen LogP) is 0.490. The topological polar surface area (TPSA) is 67.4 Å². The maximum Gasteiger partial charge on any atom is 0.235 e. The van der Waals surface area contributed by atoms with Crippen molar-refractivity contribution in [3.05, 3.63) is 0 Å². The van der Waals surface area contributed by atoms with Gasteiger partial charge in [0.15, 0.2) is 0 Å². The molecule has 0 spiro atoms. The zero-order valence-electron chi connectivity index (χ0n) is 9.96. The Labute approximate surface area is 111 Å². The van der Waals surface area contributed by atoms with Crippen molar-refractivity contribution in [1.29, 1.82) is 0 Å². The molecule has 100 valence electrons. The van der Waals surface area contributed by atoms with E-state index in [1.54, 1.807) is 0 Å². The van der Waals surface area contributed by atoms with Gasteiger partial charge in [-0.05, 0) is 13.8 Å². The van der Waals surface area contributed by atoms with Gasteiger partial charge in [-0.1, -0.05) is 0 Å². The lowest BCUT2D eigenvalue weighted by Gasteiger charge is -2.16. The minimum atomic E-state index is -0.230. The Balaban J connectivity index is 3.61. The SMILES string of the molecule is CC(COCC(C)NC(=O)CCl)NC(=O)CCl. The van der Waals surface area contributed by atoms with Crippen molar-refractivity contribution in [3.63, 3.8) is 0 Å². The molecule has 0 aromatic rings. The average Bonchev–Trinajstić information content (AvgIpc) is 2.28. The second-order valence-corrected chi connectivity index (χ2v) is 4.28. The quantitative estimate of drug-likeness (QED) is 0.638. The number of carbonyl (C=O) groups is 2. The van der Waals surface area contributed by atoms with Crippen LogP contribution in [0.25, 0.3) is 0 Å². The summed E-state index contributed by atoms with van der Waals surface area (Å²) in [6.45, 7) is 4.35. The fraction of sp³-hybridized carbons (Fsp3) is 0.800. The molecule has 0 bridgehead atoms. The van der Waals surface area contributed by atoms with E-state index in [-0.39, 0.29) is 35.7 Å². The lowest BCUT2D eigenvalue weighted by Crippen LogP contribution is -2.40. The van der Waals surface area contributed by atoms with E-state index < -0.39 is 0 Å². The van der Waals surface area contributed by atoms with Gasteiger partial charge >= 0.3 is 0 Å². The van der Waals surface area contributed by atoms with Crippen LogP contribution in [0.15, 0.2) is 0 Å². The number of ether oxygens (including phenoxy) is 1. The summed E-state index contributed by atoms with van der Waals surface area (Å²) in [5, 5.41) is 5.30. The van der Waals surface area contributed by atoms with Crippen molar-refractivity contribution < 1.29 is 14.3 Å². The van der Waals surface area contributed by atoms with Crippen LogP contribution in [0.4, 0.5) is 0 Å². The lowest BCUT2D eigenvalue weighted by atomic mass is 10.3. The summed E-state index contributed by atoms with van der Waals surface area (Å²) in [5.41, 5.74) is 0. The molecule has 17 heavy (non-hydrogen) atoms. The van der Waals surface area contributed by atoms with E-state index in [0.717, 1.165) is 0 Å². The summed E-state index contributed by atoms with van der Waals surface area (Å²) in [5.74, 6) is -0.587. The Morgan fingerprint density at radius 3 is 1.65 bits per heavy atom. The number of rotatable bonds is 8. The molecule has 0 aliphatic carbocycles. The molecule has 0 fully saturated rings. The third-order valence-corrected chi connectivity index (χ3v) is 2.28. The molecular formula is C10H18Cl2N2O3. The maximum absolute atomic E-state index is 10.9. The van der Waals surface area contributed by atoms with Gasteiger partial charge in [0.25, 0.3) is 0 Å². The Morgan fingerprint density at radius 1 is 1.00 bits per heavy atom. The highest BCUT2D eigenvalue weighted by Gasteiger charge is 2.09. The zero-order chi connectivity index (χ0) is 13.3. The number of nitrogens with one attached hydrogen (secondary N) is 2. The van der Waals surface area contributed by atoms with E-state index in [9.17, 15) is 9.59 Å². The second kappa shape index (κ2) is 9.50. The molecule has 0 saturated carbocycles. The fourth-order valence-corrected chi connectivity index (χ4v) is 1.29. The number of halogens is 2. The predicted molar refractivity (Wildman–Crippen MR) is 67.5 cm³/mol. The van der Waals surface area contributed by atoms with Crippen LogP contribution in [0.3, 0.4) is 0 Å². The van der Waals surface area contributed by atoms with Gasteiger partial charge in [-0.3, -0.25) is 9.59 Å². The standard InChI is InChI=1S/C10H18Cl2N2O3/c1-7(13-9(15)3-11)5-17-6-8(2)14-10(16)4-12/h7-8H,3-6H2,1-2H3,(H,13,15)(H,14,16). The number of hydrogen-bond acceptors (Lipinski definition) is 3. The number of carbonyl (C=O) groups excluding carboxylic acids is 2. The first kappa shape index (κ1) is 16.5. The average molecular weight is 285 g/mol. The molecular weight excluding hydrogens is 267 g/mol. The normalized spacial score (nSPS) is 13.9. The molecule has 2 atom stereocenters. The minimum absolute atomic E-state index is 0.0630. The van der Waals surface area contributed by atoms with E-state index in [4.69, 9.17) is 27.9 Å². The highest BCUT2D eigenvalue weighted by molar-refractivity contribution is 6.27. The summed E-state index contributed by atoms with van der Waals surface area (Å²) in [6, 6.07) is -0.227. The molecule has 5 nitrogen and oxygen atoms in total. The molecule has 2 N–H and O–H groups in total. The van der Waals surface area contributed by atoms with Gasteiger partial charge in [-0.25, -0.2) is 0 Å².